The second-order valence-electron chi connectivity index (χ2n) is 2.69. The van der Waals surface area contributed by atoms with Crippen molar-refractivity contribution < 1.29 is 14.3 Å². The van der Waals surface area contributed by atoms with Crippen molar-refractivity contribution in [1.29, 1.82) is 0 Å². The molecule has 0 aromatic rings. The molecule has 4 nitrogen and oxygen atoms in total. The Hall–Kier alpha value is -0.770. The number of nitrogens with one attached hydrogen (secondary N) is 1. The Balaban J connectivity index is 2.46. The fraction of sp³-hybridized carbons (Fsp3) is 0.833. The van der Waals surface area contributed by atoms with Crippen LogP contribution in [-0.4, -0.2) is 32.0 Å². The van der Waals surface area contributed by atoms with Crippen LogP contribution in [0.1, 0.15) is 6.92 Å². The van der Waals surface area contributed by atoms with Crippen molar-refractivity contribution in [2.75, 3.05) is 20.3 Å². The fourth-order valence-corrected chi connectivity index (χ4v) is 0.940. The third kappa shape index (κ3) is 1.39. The molecular formula is C6H11NO3. The average Bonchev–Trinajstić information content (AvgIpc) is 2.12. The lowest BCUT2D eigenvalue weighted by Crippen LogP contribution is -2.44. The largest absolute Gasteiger partial charge is 0.447 e. The molecule has 0 radical (unpaired) electrons. The molecular weight excluding hydrogens is 134 g/mol. The van der Waals surface area contributed by atoms with Crippen molar-refractivity contribution in [2.45, 2.75) is 12.5 Å². The molecule has 1 atom stereocenters. The summed E-state index contributed by atoms with van der Waals surface area (Å²) in [6.07, 6.45) is -0.362. The van der Waals surface area contributed by atoms with Crippen LogP contribution < -0.4 is 5.32 Å². The van der Waals surface area contributed by atoms with Gasteiger partial charge >= 0.3 is 6.09 Å². The third-order valence-corrected chi connectivity index (χ3v) is 1.39. The van der Waals surface area contributed by atoms with Crippen LogP contribution in [0.5, 0.6) is 0 Å². The molecule has 1 aliphatic heterocycles. The zero-order chi connectivity index (χ0) is 7.61. The minimum Gasteiger partial charge on any atom is -0.447 e. The van der Waals surface area contributed by atoms with Crippen molar-refractivity contribution in [1.82, 2.24) is 5.32 Å². The van der Waals surface area contributed by atoms with Crippen molar-refractivity contribution in [3.63, 3.8) is 0 Å². The summed E-state index contributed by atoms with van der Waals surface area (Å²) in [6.45, 7) is 2.75. The summed E-state index contributed by atoms with van der Waals surface area (Å²) < 4.78 is 9.57. The summed E-state index contributed by atoms with van der Waals surface area (Å²) in [6, 6.07) is 0. The molecule has 0 aliphatic carbocycles. The summed E-state index contributed by atoms with van der Waals surface area (Å²) >= 11 is 0. The molecule has 1 heterocycles. The smallest absolute Gasteiger partial charge is 0.407 e. The van der Waals surface area contributed by atoms with E-state index in [-0.39, 0.29) is 11.6 Å². The van der Waals surface area contributed by atoms with Crippen LogP contribution in [0.2, 0.25) is 0 Å². The molecule has 1 amide bonds. The first-order valence-corrected chi connectivity index (χ1v) is 3.10. The van der Waals surface area contributed by atoms with Crippen LogP contribution in [0.3, 0.4) is 0 Å². The summed E-state index contributed by atoms with van der Waals surface area (Å²) in [7, 11) is 1.59. The summed E-state index contributed by atoms with van der Waals surface area (Å²) in [5.41, 5.74) is -0.328. The maximum absolute atomic E-state index is 10.5. The van der Waals surface area contributed by atoms with Gasteiger partial charge in [0, 0.05) is 7.11 Å². The maximum Gasteiger partial charge on any atom is 0.407 e. The van der Waals surface area contributed by atoms with Crippen LogP contribution in [0.15, 0.2) is 0 Å². The number of hydrogen-bond acceptors (Lipinski definition) is 3. The Morgan fingerprint density at radius 3 is 3.00 bits per heavy atom. The minimum atomic E-state index is -0.362. The predicted molar refractivity (Wildman–Crippen MR) is 34.8 cm³/mol. The minimum absolute atomic E-state index is 0.328. The Morgan fingerprint density at radius 2 is 2.60 bits per heavy atom. The van der Waals surface area contributed by atoms with Crippen LogP contribution in [0, 0.1) is 0 Å². The number of carbonyl (C=O) groups is 1. The van der Waals surface area contributed by atoms with Crippen LogP contribution >= 0.6 is 0 Å². The Labute approximate surface area is 59.5 Å². The fourth-order valence-electron chi connectivity index (χ4n) is 0.940. The third-order valence-electron chi connectivity index (χ3n) is 1.39. The molecule has 0 unspecified atom stereocenters. The lowest BCUT2D eigenvalue weighted by molar-refractivity contribution is 0.116. The number of methoxy groups -OCH3 is 1. The molecule has 0 bridgehead atoms. The van der Waals surface area contributed by atoms with Gasteiger partial charge in [-0.1, -0.05) is 0 Å². The van der Waals surface area contributed by atoms with Gasteiger partial charge in [0.1, 0.15) is 6.61 Å². The van der Waals surface area contributed by atoms with E-state index >= 15 is 0 Å². The van der Waals surface area contributed by atoms with Gasteiger partial charge in [-0.15, -0.1) is 0 Å². The van der Waals surface area contributed by atoms with E-state index in [0.717, 1.165) is 0 Å². The Bertz CT molecular complexity index is 148. The average molecular weight is 145 g/mol. The maximum atomic E-state index is 10.5. The Morgan fingerprint density at radius 1 is 1.90 bits per heavy atom. The molecule has 58 valence electrons. The SMILES string of the molecule is COC[C@]1(C)COC(=O)N1. The van der Waals surface area contributed by atoms with Gasteiger partial charge in [0.05, 0.1) is 12.1 Å². The molecule has 0 aromatic carbocycles. The van der Waals surface area contributed by atoms with E-state index in [4.69, 9.17) is 9.47 Å². The molecule has 1 aliphatic rings. The van der Waals surface area contributed by atoms with E-state index < -0.39 is 0 Å². The van der Waals surface area contributed by atoms with Gasteiger partial charge in [-0.25, -0.2) is 4.79 Å². The topological polar surface area (TPSA) is 47.6 Å². The molecule has 1 fully saturated rings. The summed E-state index contributed by atoms with van der Waals surface area (Å²) in [5, 5.41) is 2.64. The quantitative estimate of drug-likeness (QED) is 0.600. The molecule has 0 aromatic heterocycles. The Kier molecular flexibility index (Phi) is 1.80. The van der Waals surface area contributed by atoms with Crippen molar-refractivity contribution in [2.24, 2.45) is 0 Å². The number of ether oxygens (including phenoxy) is 2. The van der Waals surface area contributed by atoms with Gasteiger partial charge in [-0.05, 0) is 6.92 Å². The predicted octanol–water partition coefficient (Wildman–Crippen LogP) is 0.131. The monoisotopic (exact) mass is 145 g/mol. The lowest BCUT2D eigenvalue weighted by Gasteiger charge is -2.18. The molecule has 1 saturated heterocycles. The normalized spacial score (nSPS) is 31.6. The number of amides is 1. The highest BCUT2D eigenvalue weighted by Gasteiger charge is 2.34. The zero-order valence-corrected chi connectivity index (χ0v) is 6.14. The van der Waals surface area contributed by atoms with E-state index in [1.165, 1.54) is 0 Å². The van der Waals surface area contributed by atoms with E-state index in [1.807, 2.05) is 6.92 Å². The number of alkyl carbamates (subject to hydrolysis) is 1. The van der Waals surface area contributed by atoms with Crippen LogP contribution in [0.25, 0.3) is 0 Å². The second-order valence-corrected chi connectivity index (χ2v) is 2.69. The first-order valence-electron chi connectivity index (χ1n) is 3.10. The highest BCUT2D eigenvalue weighted by molar-refractivity contribution is 5.70. The van der Waals surface area contributed by atoms with Crippen molar-refractivity contribution in [3.8, 4) is 0 Å². The van der Waals surface area contributed by atoms with Gasteiger partial charge < -0.3 is 14.8 Å². The number of rotatable bonds is 2. The molecule has 1 rings (SSSR count). The molecule has 10 heavy (non-hydrogen) atoms. The van der Waals surface area contributed by atoms with Gasteiger partial charge in [0.2, 0.25) is 0 Å². The number of hydrogen-bond donors (Lipinski definition) is 1. The van der Waals surface area contributed by atoms with Crippen molar-refractivity contribution >= 4 is 6.09 Å². The molecule has 0 saturated carbocycles. The van der Waals surface area contributed by atoms with E-state index in [9.17, 15) is 4.79 Å². The second kappa shape index (κ2) is 2.46. The van der Waals surface area contributed by atoms with E-state index in [2.05, 4.69) is 5.32 Å². The van der Waals surface area contributed by atoms with Gasteiger partial charge in [0.25, 0.3) is 0 Å². The molecule has 0 spiro atoms. The number of cyclic esters (lactones) is 1. The molecule has 4 heteroatoms. The first-order chi connectivity index (χ1) is 4.66. The van der Waals surface area contributed by atoms with Crippen LogP contribution in [-0.2, 0) is 9.47 Å². The highest BCUT2D eigenvalue weighted by atomic mass is 16.6. The lowest BCUT2D eigenvalue weighted by atomic mass is 10.1. The van der Waals surface area contributed by atoms with Gasteiger partial charge in [-0.2, -0.15) is 0 Å². The summed E-state index contributed by atoms with van der Waals surface area (Å²) in [5.74, 6) is 0. The first kappa shape index (κ1) is 7.34. The van der Waals surface area contributed by atoms with E-state index in [0.29, 0.717) is 13.2 Å². The highest BCUT2D eigenvalue weighted by Crippen LogP contribution is 2.11. The van der Waals surface area contributed by atoms with E-state index in [1.54, 1.807) is 7.11 Å². The van der Waals surface area contributed by atoms with Gasteiger partial charge in [-0.3, -0.25) is 0 Å². The van der Waals surface area contributed by atoms with Crippen molar-refractivity contribution in [3.05, 3.63) is 0 Å². The number of carbonyl (C=O) groups excluding carboxylic acids is 1. The van der Waals surface area contributed by atoms with Gasteiger partial charge in [0.15, 0.2) is 0 Å². The molecule has 1 N–H and O–H groups in total. The summed E-state index contributed by atoms with van der Waals surface area (Å²) in [4.78, 5) is 10.5. The van der Waals surface area contributed by atoms with Crippen LogP contribution in [0.4, 0.5) is 4.79 Å². The standard InChI is InChI=1S/C6H11NO3/c1-6(3-9-2)4-10-5(8)7-6/h3-4H2,1-2H3,(H,7,8)/t6-/m1/s1. The zero-order valence-electron chi connectivity index (χ0n) is 6.14.